The van der Waals surface area contributed by atoms with Gasteiger partial charge in [-0.1, -0.05) is 24.3 Å². The van der Waals surface area contributed by atoms with E-state index in [1.165, 1.54) is 18.4 Å². The number of thiophene rings is 1. The number of pyridine rings is 2. The lowest BCUT2D eigenvalue weighted by Crippen LogP contribution is -2.38. The number of fused-ring (bicyclic) bond motifs is 3. The van der Waals surface area contributed by atoms with Gasteiger partial charge >= 0.3 is 24.3 Å². The second-order valence-electron chi connectivity index (χ2n) is 10.1. The maximum absolute atomic E-state index is 13.7. The fourth-order valence-corrected chi connectivity index (χ4v) is 5.72. The number of ether oxygens (including phenoxy) is 2. The number of para-hydroxylation sites is 1. The van der Waals surface area contributed by atoms with Crippen molar-refractivity contribution in [3.05, 3.63) is 69.6 Å². The van der Waals surface area contributed by atoms with E-state index in [0.29, 0.717) is 29.1 Å². The van der Waals surface area contributed by atoms with Crippen molar-refractivity contribution in [3.63, 3.8) is 0 Å². The highest BCUT2D eigenvalue weighted by atomic mass is 32.1. The van der Waals surface area contributed by atoms with Gasteiger partial charge in [0.2, 0.25) is 0 Å². The molecule has 0 unspecified atom stereocenters. The molecule has 4 aromatic rings. The van der Waals surface area contributed by atoms with E-state index in [1.54, 1.807) is 10.8 Å². The van der Waals surface area contributed by atoms with Crippen LogP contribution in [0.2, 0.25) is 0 Å². The largest absolute Gasteiger partial charge is 0.494 e. The number of aliphatic carboxylic acids is 2. The molecule has 0 radical (unpaired) electrons. The zero-order valence-electron chi connectivity index (χ0n) is 25.6. The number of carboxylic acids is 2. The molecule has 3 N–H and O–H groups in total. The molecule has 0 spiro atoms. The summed E-state index contributed by atoms with van der Waals surface area (Å²) in [5.74, 6) is -5.40. The summed E-state index contributed by atoms with van der Waals surface area (Å²) in [6.07, 6.45) is -7.60. The molecular weight excluding hydrogens is 690 g/mol. The Morgan fingerprint density at radius 1 is 0.980 bits per heavy atom. The van der Waals surface area contributed by atoms with Gasteiger partial charge in [0, 0.05) is 31.2 Å². The van der Waals surface area contributed by atoms with Crippen molar-refractivity contribution in [2.45, 2.75) is 25.3 Å². The first-order chi connectivity index (χ1) is 23.1. The van der Waals surface area contributed by atoms with Gasteiger partial charge in [-0.3, -0.25) is 19.5 Å². The molecule has 0 saturated carbocycles. The van der Waals surface area contributed by atoms with Gasteiger partial charge in [-0.2, -0.15) is 26.3 Å². The topological polar surface area (TPSA) is 160 Å². The Morgan fingerprint density at radius 3 is 2.12 bits per heavy atom. The molecule has 0 aliphatic carbocycles. The molecular formula is C30H30F6N4O8S. The van der Waals surface area contributed by atoms with Crippen molar-refractivity contribution in [3.8, 4) is 5.75 Å². The predicted molar refractivity (Wildman–Crippen MR) is 165 cm³/mol. The fourth-order valence-electron chi connectivity index (χ4n) is 4.51. The number of carboxylic acid groups (broad SMARTS) is 2. The Balaban J connectivity index is 0.000000392. The monoisotopic (exact) mass is 720 g/mol. The predicted octanol–water partition coefficient (Wildman–Crippen LogP) is 4.39. The van der Waals surface area contributed by atoms with Crippen LogP contribution in [0.5, 0.6) is 5.75 Å². The highest BCUT2D eigenvalue weighted by molar-refractivity contribution is 7.22. The van der Waals surface area contributed by atoms with Crippen molar-refractivity contribution in [1.29, 1.82) is 0 Å². The van der Waals surface area contributed by atoms with Crippen molar-refractivity contribution >= 4 is 50.2 Å². The van der Waals surface area contributed by atoms with Gasteiger partial charge < -0.3 is 29.6 Å². The number of amides is 1. The number of carbonyl (C=O) groups excluding carboxylic acids is 1. The molecule has 5 rings (SSSR count). The van der Waals surface area contributed by atoms with Crippen molar-refractivity contribution in [2.24, 2.45) is 0 Å². The zero-order chi connectivity index (χ0) is 36.4. The maximum Gasteiger partial charge on any atom is 0.490 e. The van der Waals surface area contributed by atoms with Crippen molar-refractivity contribution < 1.29 is 60.4 Å². The quantitative estimate of drug-likeness (QED) is 0.176. The number of nitrogens with one attached hydrogen (secondary N) is 1. The molecule has 49 heavy (non-hydrogen) atoms. The molecule has 1 amide bonds. The van der Waals surface area contributed by atoms with E-state index in [-0.39, 0.29) is 11.5 Å². The van der Waals surface area contributed by atoms with Crippen LogP contribution in [0.3, 0.4) is 0 Å². The number of carbonyl (C=O) groups is 3. The summed E-state index contributed by atoms with van der Waals surface area (Å²) in [5, 5.41) is 18.6. The number of morpholine rings is 1. The van der Waals surface area contributed by atoms with Crippen LogP contribution in [-0.4, -0.2) is 101 Å². The third kappa shape index (κ3) is 10.6. The highest BCUT2D eigenvalue weighted by Gasteiger charge is 2.39. The van der Waals surface area contributed by atoms with Gasteiger partial charge in [-0.25, -0.2) is 9.59 Å². The van der Waals surface area contributed by atoms with Crippen LogP contribution in [0.15, 0.2) is 53.5 Å². The molecule has 0 atom stereocenters. The number of nitrogens with zero attached hydrogens (tertiary/aromatic N) is 3. The molecule has 1 saturated heterocycles. The van der Waals surface area contributed by atoms with Crippen LogP contribution in [0.1, 0.15) is 21.8 Å². The lowest BCUT2D eigenvalue weighted by molar-refractivity contribution is -0.193. The molecule has 1 aliphatic heterocycles. The van der Waals surface area contributed by atoms with Gasteiger partial charge in [0.05, 0.1) is 42.8 Å². The molecule has 1 aromatic carbocycles. The lowest BCUT2D eigenvalue weighted by Gasteiger charge is -2.26. The fraction of sp³-hybridized carbons (Fsp3) is 0.367. The summed E-state index contributed by atoms with van der Waals surface area (Å²) >= 11 is 1.31. The number of hydrogen-bond acceptors (Lipinski definition) is 9. The maximum atomic E-state index is 13.7. The first-order valence-corrected chi connectivity index (χ1v) is 15.1. The first-order valence-electron chi connectivity index (χ1n) is 14.3. The Labute approximate surface area is 277 Å². The molecule has 266 valence electrons. The second kappa shape index (κ2) is 17.1. The number of rotatable bonds is 8. The molecule has 1 aliphatic rings. The van der Waals surface area contributed by atoms with Crippen LogP contribution in [0.25, 0.3) is 21.0 Å². The molecule has 19 heteroatoms. The zero-order valence-corrected chi connectivity index (χ0v) is 26.5. The van der Waals surface area contributed by atoms with Gasteiger partial charge in [-0.15, -0.1) is 11.3 Å². The molecule has 4 heterocycles. The van der Waals surface area contributed by atoms with Crippen LogP contribution in [-0.2, 0) is 20.9 Å². The van der Waals surface area contributed by atoms with Crippen LogP contribution in [0.4, 0.5) is 26.3 Å². The van der Waals surface area contributed by atoms with E-state index in [2.05, 4.69) is 15.2 Å². The summed E-state index contributed by atoms with van der Waals surface area (Å²) in [4.78, 5) is 51.8. The van der Waals surface area contributed by atoms with Gasteiger partial charge in [0.1, 0.15) is 10.3 Å². The van der Waals surface area contributed by atoms with Crippen molar-refractivity contribution in [2.75, 3.05) is 46.5 Å². The molecule has 3 aromatic heterocycles. The third-order valence-electron chi connectivity index (χ3n) is 6.74. The normalized spacial score (nSPS) is 13.5. The molecule has 1 fully saturated rings. The van der Waals surface area contributed by atoms with E-state index in [9.17, 15) is 35.9 Å². The summed E-state index contributed by atoms with van der Waals surface area (Å²) in [7, 11) is 1.51. The van der Waals surface area contributed by atoms with E-state index in [1.807, 2.05) is 42.5 Å². The average molecular weight is 721 g/mol. The first kappa shape index (κ1) is 38.7. The van der Waals surface area contributed by atoms with E-state index in [0.717, 1.165) is 60.6 Å². The Kier molecular flexibility index (Phi) is 13.5. The number of alkyl halides is 6. The van der Waals surface area contributed by atoms with E-state index < -0.39 is 24.3 Å². The minimum absolute atomic E-state index is 0.191. The lowest BCUT2D eigenvalue weighted by atomic mass is 10.1. The number of aromatic nitrogens is 2. The Morgan fingerprint density at radius 2 is 1.57 bits per heavy atom. The number of halogens is 6. The van der Waals surface area contributed by atoms with Crippen LogP contribution in [0, 0.1) is 0 Å². The summed E-state index contributed by atoms with van der Waals surface area (Å²) in [6, 6.07) is 13.4. The summed E-state index contributed by atoms with van der Waals surface area (Å²) < 4.78 is 77.0. The van der Waals surface area contributed by atoms with Gasteiger partial charge in [0.15, 0.2) is 5.75 Å². The van der Waals surface area contributed by atoms with Crippen LogP contribution < -0.4 is 15.6 Å². The third-order valence-corrected chi connectivity index (χ3v) is 7.95. The number of hydrogen-bond donors (Lipinski definition) is 3. The standard InChI is InChI=1S/C26H28N4O4S.2C2HF3O2/c1-33-22-21-23(35-24(22)25(31)28-11-6-12-29-13-15-34-16-14-29)19-8-2-3-9-20(19)30(26(21)32)17-18-7-4-5-10-27-18;2*3-2(4,5)1(6)7/h2-5,7-10H,6,11-17H2,1H3,(H,28,31);2*(H,6,7). The van der Waals surface area contributed by atoms with Gasteiger partial charge in [-0.05, 0) is 31.2 Å². The summed E-state index contributed by atoms with van der Waals surface area (Å²) in [5.41, 5.74) is 1.40. The van der Waals surface area contributed by atoms with Crippen molar-refractivity contribution in [1.82, 2.24) is 19.8 Å². The number of benzene rings is 1. The summed E-state index contributed by atoms with van der Waals surface area (Å²) in [6.45, 7) is 5.17. The van der Waals surface area contributed by atoms with E-state index >= 15 is 0 Å². The second-order valence-corrected chi connectivity index (χ2v) is 11.1. The molecule has 0 bridgehead atoms. The minimum Gasteiger partial charge on any atom is -0.494 e. The Hall–Kier alpha value is -4.75. The van der Waals surface area contributed by atoms with E-state index in [4.69, 9.17) is 29.3 Å². The SMILES string of the molecule is COc1c(C(=O)NCCCN2CCOCC2)sc2c1c(=O)n(Cc1ccccn1)c1ccccc21.O=C(O)C(F)(F)F.O=C(O)C(F)(F)F. The van der Waals surface area contributed by atoms with Gasteiger partial charge in [0.25, 0.3) is 11.5 Å². The molecule has 12 nitrogen and oxygen atoms in total. The number of methoxy groups -OCH3 is 1. The average Bonchev–Trinajstić information content (AvgIpc) is 3.46. The Bertz CT molecular complexity index is 1780. The highest BCUT2D eigenvalue weighted by Crippen LogP contribution is 2.39. The minimum atomic E-state index is -5.08. The van der Waals surface area contributed by atoms with Crippen LogP contribution >= 0.6 is 11.3 Å². The smallest absolute Gasteiger partial charge is 0.490 e.